The maximum atomic E-state index is 14.0. The third-order valence-electron chi connectivity index (χ3n) is 5.52. The Balaban J connectivity index is 1.47. The topological polar surface area (TPSA) is 45.2 Å². The van der Waals surface area contributed by atoms with Gasteiger partial charge in [0.2, 0.25) is 5.91 Å². The van der Waals surface area contributed by atoms with Crippen molar-refractivity contribution in [1.82, 2.24) is 9.88 Å². The van der Waals surface area contributed by atoms with E-state index in [0.29, 0.717) is 12.0 Å². The number of pyridine rings is 1. The third kappa shape index (κ3) is 4.92. The van der Waals surface area contributed by atoms with Gasteiger partial charge in [-0.15, -0.1) is 0 Å². The number of hydrogen-bond donors (Lipinski definition) is 1. The second-order valence-electron chi connectivity index (χ2n) is 7.83. The molecule has 0 unspecified atom stereocenters. The highest BCUT2D eigenvalue weighted by Gasteiger charge is 2.27. The summed E-state index contributed by atoms with van der Waals surface area (Å²) in [5, 5.41) is 2.80. The first kappa shape index (κ1) is 20.2. The molecule has 30 heavy (non-hydrogen) atoms. The molecule has 1 aromatic heterocycles. The van der Waals surface area contributed by atoms with Crippen molar-refractivity contribution < 1.29 is 9.18 Å². The fourth-order valence-corrected chi connectivity index (χ4v) is 4.10. The number of nitrogens with one attached hydrogen (secondary N) is 1. The minimum atomic E-state index is -0.185. The van der Waals surface area contributed by atoms with Crippen LogP contribution in [-0.4, -0.2) is 22.3 Å². The first-order chi connectivity index (χ1) is 14.6. The molecule has 1 N–H and O–H groups in total. The number of aromatic nitrogens is 1. The minimum absolute atomic E-state index is 0.0660. The summed E-state index contributed by atoms with van der Waals surface area (Å²) in [5.74, 6) is -0.251. The van der Waals surface area contributed by atoms with Gasteiger partial charge in [0.05, 0.1) is 11.7 Å². The fourth-order valence-electron chi connectivity index (χ4n) is 4.10. The van der Waals surface area contributed by atoms with Gasteiger partial charge >= 0.3 is 0 Å². The number of anilines is 1. The van der Waals surface area contributed by atoms with Crippen molar-refractivity contribution in [3.8, 4) is 0 Å². The summed E-state index contributed by atoms with van der Waals surface area (Å²) < 4.78 is 14.0. The molecule has 1 saturated heterocycles. The molecule has 4 nitrogen and oxygen atoms in total. The van der Waals surface area contributed by atoms with Gasteiger partial charge in [0, 0.05) is 31.3 Å². The lowest BCUT2D eigenvalue weighted by atomic mass is 10.1. The highest BCUT2D eigenvalue weighted by Crippen LogP contribution is 2.32. The maximum absolute atomic E-state index is 14.0. The van der Waals surface area contributed by atoms with Gasteiger partial charge in [0.25, 0.3) is 0 Å². The summed E-state index contributed by atoms with van der Waals surface area (Å²) in [4.78, 5) is 18.5. The number of amides is 1. The molecule has 0 bridgehead atoms. The molecule has 154 valence electrons. The summed E-state index contributed by atoms with van der Waals surface area (Å²) in [6, 6.07) is 21.2. The maximum Gasteiger partial charge on any atom is 0.221 e. The lowest BCUT2D eigenvalue weighted by Crippen LogP contribution is -2.23. The fraction of sp³-hybridized carbons (Fsp3) is 0.280. The summed E-state index contributed by atoms with van der Waals surface area (Å²) >= 11 is 0. The van der Waals surface area contributed by atoms with Crippen LogP contribution in [0.1, 0.15) is 48.3 Å². The van der Waals surface area contributed by atoms with E-state index in [4.69, 9.17) is 4.98 Å². The van der Waals surface area contributed by atoms with Gasteiger partial charge < -0.3 is 5.32 Å². The Kier molecular flexibility index (Phi) is 6.19. The molecule has 2 heterocycles. The average Bonchev–Trinajstić information content (AvgIpc) is 3.19. The smallest absolute Gasteiger partial charge is 0.221 e. The van der Waals surface area contributed by atoms with E-state index in [0.717, 1.165) is 43.0 Å². The number of carbonyl (C=O) groups excluding carboxylic acids is 1. The van der Waals surface area contributed by atoms with E-state index >= 15 is 0 Å². The molecule has 0 saturated carbocycles. The van der Waals surface area contributed by atoms with Gasteiger partial charge in [0.15, 0.2) is 0 Å². The molecule has 1 atom stereocenters. The molecule has 2 aromatic carbocycles. The quantitative estimate of drug-likeness (QED) is 0.622. The zero-order valence-corrected chi connectivity index (χ0v) is 17.1. The summed E-state index contributed by atoms with van der Waals surface area (Å²) in [5.41, 5.74) is 4.63. The van der Waals surface area contributed by atoms with Gasteiger partial charge in [-0.25, -0.2) is 4.39 Å². The molecular formula is C25H26FN3O. The molecule has 0 spiro atoms. The third-order valence-corrected chi connectivity index (χ3v) is 5.52. The highest BCUT2D eigenvalue weighted by atomic mass is 19.1. The number of nitrogens with zero attached hydrogens (tertiary/aromatic N) is 2. The summed E-state index contributed by atoms with van der Waals surface area (Å²) in [6.45, 7) is 3.37. The van der Waals surface area contributed by atoms with Crippen LogP contribution in [-0.2, 0) is 17.8 Å². The van der Waals surface area contributed by atoms with Crippen molar-refractivity contribution in [2.75, 3.05) is 11.9 Å². The van der Waals surface area contributed by atoms with E-state index < -0.39 is 0 Å². The Morgan fingerprint density at radius 1 is 1.10 bits per heavy atom. The first-order valence-electron chi connectivity index (χ1n) is 10.4. The van der Waals surface area contributed by atoms with Gasteiger partial charge in [-0.1, -0.05) is 36.4 Å². The predicted molar refractivity (Wildman–Crippen MR) is 117 cm³/mol. The van der Waals surface area contributed by atoms with Crippen molar-refractivity contribution in [3.05, 3.63) is 95.1 Å². The average molecular weight is 404 g/mol. The second-order valence-corrected chi connectivity index (χ2v) is 7.83. The zero-order valence-electron chi connectivity index (χ0n) is 17.1. The molecule has 0 radical (unpaired) electrons. The molecule has 4 rings (SSSR count). The van der Waals surface area contributed by atoms with Crippen LogP contribution in [0.4, 0.5) is 10.1 Å². The van der Waals surface area contributed by atoms with Crippen LogP contribution in [0.2, 0.25) is 0 Å². The molecule has 3 aromatic rings. The Hall–Kier alpha value is -3.05. The number of hydrogen-bond acceptors (Lipinski definition) is 3. The second kappa shape index (κ2) is 9.18. The van der Waals surface area contributed by atoms with Gasteiger partial charge in [-0.2, -0.15) is 0 Å². The number of benzene rings is 2. The Morgan fingerprint density at radius 2 is 1.90 bits per heavy atom. The van der Waals surface area contributed by atoms with Crippen LogP contribution in [0, 0.1) is 5.82 Å². The van der Waals surface area contributed by atoms with E-state index in [1.165, 1.54) is 18.6 Å². The van der Waals surface area contributed by atoms with E-state index in [1.54, 1.807) is 6.07 Å². The Bertz CT molecular complexity index is 1020. The van der Waals surface area contributed by atoms with Crippen molar-refractivity contribution >= 4 is 11.6 Å². The van der Waals surface area contributed by atoms with Crippen molar-refractivity contribution in [1.29, 1.82) is 0 Å². The standard InChI is InChI=1S/C25H26FN3O/c1-18(30)27-21-13-11-19(12-14-21)17-29-15-5-10-25(29)24-9-4-7-22(28-24)16-20-6-2-3-8-23(20)26/h2-4,6-9,11-14,25H,5,10,15-17H2,1H3,(H,27,30)/t25-/m1/s1. The van der Waals surface area contributed by atoms with Crippen molar-refractivity contribution in [2.45, 2.75) is 38.8 Å². The summed E-state index contributed by atoms with van der Waals surface area (Å²) in [6.07, 6.45) is 2.70. The lowest BCUT2D eigenvalue weighted by Gasteiger charge is -2.24. The number of likely N-dealkylation sites (tertiary alicyclic amines) is 1. The van der Waals surface area contributed by atoms with E-state index in [-0.39, 0.29) is 17.8 Å². The number of halogens is 1. The monoisotopic (exact) mass is 403 g/mol. The van der Waals surface area contributed by atoms with E-state index in [9.17, 15) is 9.18 Å². The number of rotatable bonds is 6. The SMILES string of the molecule is CC(=O)Nc1ccc(CN2CCC[C@@H]2c2cccc(Cc3ccccc3F)n2)cc1. The van der Waals surface area contributed by atoms with Crippen molar-refractivity contribution in [2.24, 2.45) is 0 Å². The van der Waals surface area contributed by atoms with E-state index in [1.807, 2.05) is 36.4 Å². The van der Waals surface area contributed by atoms with Gasteiger partial charge in [0.1, 0.15) is 5.82 Å². The van der Waals surface area contributed by atoms with Crippen LogP contribution in [0.3, 0.4) is 0 Å². The van der Waals surface area contributed by atoms with Crippen molar-refractivity contribution in [3.63, 3.8) is 0 Å². The largest absolute Gasteiger partial charge is 0.326 e. The Labute approximate surface area is 176 Å². The van der Waals surface area contributed by atoms with Crippen LogP contribution in [0.5, 0.6) is 0 Å². The molecule has 1 fully saturated rings. The first-order valence-corrected chi connectivity index (χ1v) is 10.4. The molecule has 5 heteroatoms. The summed E-state index contributed by atoms with van der Waals surface area (Å²) in [7, 11) is 0. The van der Waals surface area contributed by atoms with Crippen LogP contribution < -0.4 is 5.32 Å². The van der Waals surface area contributed by atoms with Crippen LogP contribution in [0.15, 0.2) is 66.7 Å². The minimum Gasteiger partial charge on any atom is -0.326 e. The van der Waals surface area contributed by atoms with Crippen LogP contribution >= 0.6 is 0 Å². The predicted octanol–water partition coefficient (Wildman–Crippen LogP) is 5.11. The zero-order chi connectivity index (χ0) is 20.9. The van der Waals surface area contributed by atoms with Gasteiger partial charge in [-0.05, 0) is 60.8 Å². The van der Waals surface area contributed by atoms with Crippen LogP contribution in [0.25, 0.3) is 0 Å². The molecule has 1 aliphatic rings. The highest BCUT2D eigenvalue weighted by molar-refractivity contribution is 5.88. The van der Waals surface area contributed by atoms with E-state index in [2.05, 4.69) is 28.4 Å². The van der Waals surface area contributed by atoms with Gasteiger partial charge in [-0.3, -0.25) is 14.7 Å². The Morgan fingerprint density at radius 3 is 2.67 bits per heavy atom. The molecular weight excluding hydrogens is 377 g/mol. The number of carbonyl (C=O) groups is 1. The molecule has 1 amide bonds. The lowest BCUT2D eigenvalue weighted by molar-refractivity contribution is -0.114. The molecule has 1 aliphatic heterocycles. The molecule has 0 aliphatic carbocycles. The normalized spacial score (nSPS) is 16.5.